The molecule has 1 saturated carbocycles. The van der Waals surface area contributed by atoms with Gasteiger partial charge in [-0.3, -0.25) is 4.79 Å². The van der Waals surface area contributed by atoms with Crippen molar-refractivity contribution in [1.82, 2.24) is 9.80 Å². The summed E-state index contributed by atoms with van der Waals surface area (Å²) in [5.41, 5.74) is -0.797. The van der Waals surface area contributed by atoms with Crippen molar-refractivity contribution in [1.29, 1.82) is 0 Å². The van der Waals surface area contributed by atoms with Gasteiger partial charge in [0.05, 0.1) is 12.1 Å². The van der Waals surface area contributed by atoms with Gasteiger partial charge in [0, 0.05) is 14.1 Å². The number of nitrogens with zero attached hydrogens (tertiary/aromatic N) is 2. The molecular formula is C11H20N2O4. The molecule has 0 bridgehead atoms. The number of likely N-dealkylation sites (N-methyl/N-ethyl adjacent to an activating group) is 2. The van der Waals surface area contributed by atoms with Crippen LogP contribution in [-0.2, 0) is 4.79 Å². The van der Waals surface area contributed by atoms with Gasteiger partial charge < -0.3 is 20.0 Å². The van der Waals surface area contributed by atoms with Gasteiger partial charge in [0.15, 0.2) is 0 Å². The van der Waals surface area contributed by atoms with E-state index in [0.29, 0.717) is 12.8 Å². The van der Waals surface area contributed by atoms with Crippen LogP contribution < -0.4 is 0 Å². The summed E-state index contributed by atoms with van der Waals surface area (Å²) in [6.07, 6.45) is 3.35. The van der Waals surface area contributed by atoms with Crippen LogP contribution in [0.2, 0.25) is 0 Å². The molecule has 1 rings (SSSR count). The largest absolute Gasteiger partial charge is 0.480 e. The van der Waals surface area contributed by atoms with Crippen LogP contribution >= 0.6 is 0 Å². The summed E-state index contributed by atoms with van der Waals surface area (Å²) in [6.45, 7) is -0.0720. The molecule has 0 aliphatic heterocycles. The fourth-order valence-electron chi connectivity index (χ4n) is 2.26. The Hall–Kier alpha value is -1.30. The van der Waals surface area contributed by atoms with Gasteiger partial charge >= 0.3 is 12.0 Å². The zero-order valence-electron chi connectivity index (χ0n) is 10.3. The quantitative estimate of drug-likeness (QED) is 0.748. The molecule has 0 unspecified atom stereocenters. The summed E-state index contributed by atoms with van der Waals surface area (Å²) < 4.78 is 0. The lowest BCUT2D eigenvalue weighted by molar-refractivity contribution is -0.137. The molecule has 0 radical (unpaired) electrons. The van der Waals surface area contributed by atoms with Crippen LogP contribution in [0.4, 0.5) is 4.79 Å². The number of urea groups is 1. The van der Waals surface area contributed by atoms with Gasteiger partial charge in [0.2, 0.25) is 0 Å². The van der Waals surface area contributed by atoms with Crippen LogP contribution in [0, 0.1) is 0 Å². The SMILES string of the molecule is CN(CC(=O)O)C(=O)N(C)CC1(O)CCCC1. The number of carbonyl (C=O) groups is 2. The zero-order chi connectivity index (χ0) is 13.1. The van der Waals surface area contributed by atoms with Crippen molar-refractivity contribution in [3.63, 3.8) is 0 Å². The molecule has 0 saturated heterocycles. The van der Waals surface area contributed by atoms with E-state index in [4.69, 9.17) is 5.11 Å². The third-order valence-corrected chi connectivity index (χ3v) is 3.09. The Balaban J connectivity index is 2.48. The van der Waals surface area contributed by atoms with Crippen molar-refractivity contribution in [2.45, 2.75) is 31.3 Å². The highest BCUT2D eigenvalue weighted by Crippen LogP contribution is 2.29. The molecule has 17 heavy (non-hydrogen) atoms. The second-order valence-corrected chi connectivity index (χ2v) is 4.82. The van der Waals surface area contributed by atoms with Gasteiger partial charge in [-0.1, -0.05) is 12.8 Å². The van der Waals surface area contributed by atoms with Gasteiger partial charge in [0.25, 0.3) is 0 Å². The maximum absolute atomic E-state index is 11.8. The fraction of sp³-hybridized carbons (Fsp3) is 0.818. The number of carboxylic acid groups (broad SMARTS) is 1. The summed E-state index contributed by atoms with van der Waals surface area (Å²) >= 11 is 0. The maximum atomic E-state index is 11.8. The number of aliphatic carboxylic acids is 1. The van der Waals surface area contributed by atoms with E-state index in [0.717, 1.165) is 17.7 Å². The number of carbonyl (C=O) groups excluding carboxylic acids is 1. The van der Waals surface area contributed by atoms with E-state index < -0.39 is 11.6 Å². The average molecular weight is 244 g/mol. The normalized spacial score (nSPS) is 17.8. The molecule has 1 aliphatic carbocycles. The first-order valence-corrected chi connectivity index (χ1v) is 5.74. The first kappa shape index (κ1) is 13.8. The molecule has 6 nitrogen and oxygen atoms in total. The minimum atomic E-state index is -1.05. The van der Waals surface area contributed by atoms with E-state index in [9.17, 15) is 14.7 Å². The summed E-state index contributed by atoms with van der Waals surface area (Å²) in [6, 6.07) is -0.382. The third-order valence-electron chi connectivity index (χ3n) is 3.09. The maximum Gasteiger partial charge on any atom is 0.323 e. The van der Waals surface area contributed by atoms with Gasteiger partial charge in [-0.05, 0) is 12.8 Å². The van der Waals surface area contributed by atoms with Crippen molar-refractivity contribution in [2.24, 2.45) is 0 Å². The van der Waals surface area contributed by atoms with Crippen molar-refractivity contribution >= 4 is 12.0 Å². The highest BCUT2D eigenvalue weighted by Gasteiger charge is 2.34. The predicted octanol–water partition coefficient (Wildman–Crippen LogP) is 0.360. The topological polar surface area (TPSA) is 81.1 Å². The summed E-state index contributed by atoms with van der Waals surface area (Å²) in [4.78, 5) is 24.8. The van der Waals surface area contributed by atoms with Crippen molar-refractivity contribution in [3.05, 3.63) is 0 Å². The molecule has 0 heterocycles. The lowest BCUT2D eigenvalue weighted by Crippen LogP contribution is -2.47. The summed E-state index contributed by atoms with van der Waals surface area (Å²) in [5.74, 6) is -1.05. The molecule has 0 aromatic heterocycles. The van der Waals surface area contributed by atoms with E-state index in [1.165, 1.54) is 11.9 Å². The Morgan fingerprint density at radius 2 is 1.71 bits per heavy atom. The van der Waals surface area contributed by atoms with Crippen molar-refractivity contribution in [3.8, 4) is 0 Å². The molecule has 0 aromatic rings. The minimum Gasteiger partial charge on any atom is -0.480 e. The number of rotatable bonds is 4. The standard InChI is InChI=1S/C11H20N2O4/c1-12(7-9(14)15)10(16)13(2)8-11(17)5-3-4-6-11/h17H,3-8H2,1-2H3,(H,14,15). The van der Waals surface area contributed by atoms with Gasteiger partial charge in [-0.15, -0.1) is 0 Å². The molecule has 2 N–H and O–H groups in total. The Morgan fingerprint density at radius 3 is 2.18 bits per heavy atom. The van der Waals surface area contributed by atoms with Crippen molar-refractivity contribution in [2.75, 3.05) is 27.2 Å². The molecule has 1 aliphatic rings. The summed E-state index contributed by atoms with van der Waals surface area (Å²) in [7, 11) is 3.02. The minimum absolute atomic E-state index is 0.260. The molecule has 0 spiro atoms. The first-order chi connectivity index (χ1) is 7.84. The Labute approximate surface area is 101 Å². The first-order valence-electron chi connectivity index (χ1n) is 5.74. The molecule has 0 aromatic carbocycles. The monoisotopic (exact) mass is 244 g/mol. The van der Waals surface area contributed by atoms with E-state index in [1.807, 2.05) is 0 Å². The second kappa shape index (κ2) is 5.35. The van der Waals surface area contributed by atoms with E-state index >= 15 is 0 Å². The third kappa shape index (κ3) is 3.89. The smallest absolute Gasteiger partial charge is 0.323 e. The number of hydrogen-bond donors (Lipinski definition) is 2. The fourth-order valence-corrected chi connectivity index (χ4v) is 2.26. The van der Waals surface area contributed by atoms with E-state index in [-0.39, 0.29) is 19.1 Å². The number of aliphatic hydroxyl groups is 1. The van der Waals surface area contributed by atoms with Crippen LogP contribution in [0.3, 0.4) is 0 Å². The van der Waals surface area contributed by atoms with Crippen LogP contribution in [0.5, 0.6) is 0 Å². The van der Waals surface area contributed by atoms with Gasteiger partial charge in [0.1, 0.15) is 6.54 Å². The number of amides is 2. The van der Waals surface area contributed by atoms with Crippen LogP contribution in [-0.4, -0.2) is 64.8 Å². The Bertz CT molecular complexity index is 300. The molecule has 1 fully saturated rings. The second-order valence-electron chi connectivity index (χ2n) is 4.82. The van der Waals surface area contributed by atoms with Crippen molar-refractivity contribution < 1.29 is 19.8 Å². The lowest BCUT2D eigenvalue weighted by Gasteiger charge is -2.31. The Morgan fingerprint density at radius 1 is 1.18 bits per heavy atom. The lowest BCUT2D eigenvalue weighted by atomic mass is 10.0. The van der Waals surface area contributed by atoms with Crippen LogP contribution in [0.1, 0.15) is 25.7 Å². The van der Waals surface area contributed by atoms with Crippen LogP contribution in [0.15, 0.2) is 0 Å². The highest BCUT2D eigenvalue weighted by atomic mass is 16.4. The average Bonchev–Trinajstić information content (AvgIpc) is 2.62. The van der Waals surface area contributed by atoms with Gasteiger partial charge in [-0.25, -0.2) is 4.79 Å². The predicted molar refractivity (Wildman–Crippen MR) is 61.7 cm³/mol. The van der Waals surface area contributed by atoms with Crippen LogP contribution in [0.25, 0.3) is 0 Å². The molecular weight excluding hydrogens is 224 g/mol. The Kier molecular flexibility index (Phi) is 4.34. The summed E-state index contributed by atoms with van der Waals surface area (Å²) in [5, 5.41) is 18.7. The highest BCUT2D eigenvalue weighted by molar-refractivity contribution is 5.79. The van der Waals surface area contributed by atoms with E-state index in [1.54, 1.807) is 7.05 Å². The van der Waals surface area contributed by atoms with Gasteiger partial charge in [-0.2, -0.15) is 0 Å². The van der Waals surface area contributed by atoms with E-state index in [2.05, 4.69) is 0 Å². The molecule has 98 valence electrons. The molecule has 0 atom stereocenters. The molecule has 2 amide bonds. The number of carboxylic acids is 1. The molecule has 6 heteroatoms. The zero-order valence-corrected chi connectivity index (χ0v) is 10.3. The number of hydrogen-bond acceptors (Lipinski definition) is 3.